The van der Waals surface area contributed by atoms with E-state index in [4.69, 9.17) is 0 Å². The zero-order valence-corrected chi connectivity index (χ0v) is 13.0. The van der Waals surface area contributed by atoms with Crippen molar-refractivity contribution >= 4 is 26.5 Å². The van der Waals surface area contributed by atoms with E-state index in [0.717, 1.165) is 16.2 Å². The molecule has 2 nitrogen and oxygen atoms in total. The van der Waals surface area contributed by atoms with Crippen LogP contribution in [0.15, 0.2) is 53.5 Å². The molecule has 0 aliphatic heterocycles. The molecule has 0 unspecified atom stereocenters. The highest BCUT2D eigenvalue weighted by molar-refractivity contribution is 7.69. The molecule has 0 radical (unpaired) electrons. The molecule has 2 heterocycles. The fourth-order valence-electron chi connectivity index (χ4n) is 2.02. The lowest BCUT2D eigenvalue weighted by Gasteiger charge is -1.97. The molecular weight excluding hydrogens is 284 g/mol. The number of hydrogen-bond acceptors (Lipinski definition) is 4. The first kappa shape index (κ1) is 13.2. The van der Waals surface area contributed by atoms with Gasteiger partial charge in [0.2, 0.25) is 0 Å². The SMILES string of the molecule is Cc1cc(C)nc(N=c2cc(-c3ccccc3)ss2)c1. The first-order valence-corrected chi connectivity index (χ1v) is 8.51. The minimum atomic E-state index is 0.788. The predicted molar refractivity (Wildman–Crippen MR) is 86.6 cm³/mol. The Morgan fingerprint density at radius 1 is 0.950 bits per heavy atom. The Morgan fingerprint density at radius 3 is 2.50 bits per heavy atom. The van der Waals surface area contributed by atoms with Crippen molar-refractivity contribution in [2.24, 2.45) is 4.99 Å². The Bertz CT molecular complexity index is 765. The normalized spacial score (nSPS) is 11.8. The van der Waals surface area contributed by atoms with Gasteiger partial charge in [0, 0.05) is 10.6 Å². The summed E-state index contributed by atoms with van der Waals surface area (Å²) in [5.74, 6) is 0.788. The Balaban J connectivity index is 1.99. The van der Waals surface area contributed by atoms with Gasteiger partial charge in [0.15, 0.2) is 5.82 Å². The second kappa shape index (κ2) is 5.69. The van der Waals surface area contributed by atoms with Crippen LogP contribution in [0.25, 0.3) is 10.4 Å². The highest BCUT2D eigenvalue weighted by atomic mass is 32.9. The van der Waals surface area contributed by atoms with Gasteiger partial charge in [-0.15, -0.1) is 0 Å². The van der Waals surface area contributed by atoms with E-state index in [1.165, 1.54) is 16.0 Å². The maximum absolute atomic E-state index is 4.63. The van der Waals surface area contributed by atoms with Crippen molar-refractivity contribution in [3.8, 4) is 10.4 Å². The summed E-state index contributed by atoms with van der Waals surface area (Å²) in [5.41, 5.74) is 3.44. The molecule has 2 aromatic heterocycles. The fraction of sp³-hybridized carbons (Fsp3) is 0.125. The Kier molecular flexibility index (Phi) is 3.76. The molecule has 0 bridgehead atoms. The summed E-state index contributed by atoms with van der Waals surface area (Å²) in [6.07, 6.45) is 0. The van der Waals surface area contributed by atoms with Crippen molar-refractivity contribution in [3.05, 3.63) is 64.5 Å². The molecule has 0 atom stereocenters. The zero-order chi connectivity index (χ0) is 13.9. The average Bonchev–Trinajstić information content (AvgIpc) is 2.87. The molecule has 0 saturated heterocycles. The minimum absolute atomic E-state index is 0.788. The predicted octanol–water partition coefficient (Wildman–Crippen LogP) is 4.72. The summed E-state index contributed by atoms with van der Waals surface area (Å²) in [6.45, 7) is 4.07. The number of aryl methyl sites for hydroxylation is 2. The van der Waals surface area contributed by atoms with Crippen LogP contribution in [0.4, 0.5) is 5.82 Å². The lowest BCUT2D eigenvalue weighted by Crippen LogP contribution is -1.91. The standard InChI is InChI=1S/C16H14N2S2/c1-11-8-12(2)17-15(9-11)18-16-10-14(19-20-16)13-6-4-3-5-7-13/h3-10H,1-2H3. The van der Waals surface area contributed by atoms with E-state index in [1.807, 2.05) is 19.1 Å². The van der Waals surface area contributed by atoms with E-state index in [2.05, 4.69) is 53.3 Å². The number of nitrogens with zero attached hydrogens (tertiary/aromatic N) is 2. The molecule has 20 heavy (non-hydrogen) atoms. The molecule has 3 aromatic rings. The topological polar surface area (TPSA) is 25.2 Å². The van der Waals surface area contributed by atoms with Crippen molar-refractivity contribution < 1.29 is 0 Å². The van der Waals surface area contributed by atoms with Gasteiger partial charge in [0.05, 0.1) is 0 Å². The summed E-state index contributed by atoms with van der Waals surface area (Å²) < 4.78 is 1.01. The third-order valence-corrected chi connectivity index (χ3v) is 5.14. The molecule has 0 saturated carbocycles. The molecule has 4 heteroatoms. The van der Waals surface area contributed by atoms with Gasteiger partial charge < -0.3 is 0 Å². The average molecular weight is 298 g/mol. The first-order chi connectivity index (χ1) is 9.70. The quantitative estimate of drug-likeness (QED) is 0.628. The highest BCUT2D eigenvalue weighted by Crippen LogP contribution is 2.25. The van der Waals surface area contributed by atoms with Crippen molar-refractivity contribution in [1.29, 1.82) is 0 Å². The van der Waals surface area contributed by atoms with Gasteiger partial charge in [-0.25, -0.2) is 9.98 Å². The number of aromatic nitrogens is 1. The van der Waals surface area contributed by atoms with E-state index in [1.54, 1.807) is 20.7 Å². The van der Waals surface area contributed by atoms with Gasteiger partial charge >= 0.3 is 0 Å². The van der Waals surface area contributed by atoms with Gasteiger partial charge in [0.1, 0.15) is 4.67 Å². The van der Waals surface area contributed by atoms with Gasteiger partial charge in [-0.1, -0.05) is 51.0 Å². The van der Waals surface area contributed by atoms with Crippen LogP contribution in [0, 0.1) is 13.8 Å². The monoisotopic (exact) mass is 298 g/mol. The van der Waals surface area contributed by atoms with Gasteiger partial charge in [-0.2, -0.15) is 0 Å². The third kappa shape index (κ3) is 3.03. The van der Waals surface area contributed by atoms with Crippen LogP contribution in [0.3, 0.4) is 0 Å². The summed E-state index contributed by atoms with van der Waals surface area (Å²) in [7, 11) is 3.44. The molecule has 100 valence electrons. The van der Waals surface area contributed by atoms with Crippen molar-refractivity contribution in [2.75, 3.05) is 0 Å². The van der Waals surface area contributed by atoms with E-state index in [0.29, 0.717) is 0 Å². The molecule has 0 aliphatic carbocycles. The minimum Gasteiger partial charge on any atom is -0.234 e. The maximum Gasteiger partial charge on any atom is 0.154 e. The largest absolute Gasteiger partial charge is 0.234 e. The summed E-state index contributed by atoms with van der Waals surface area (Å²) in [5, 5.41) is 0. The maximum atomic E-state index is 4.63. The molecule has 0 N–H and O–H groups in total. The van der Waals surface area contributed by atoms with Crippen LogP contribution < -0.4 is 4.67 Å². The van der Waals surface area contributed by atoms with Crippen LogP contribution in [-0.4, -0.2) is 4.98 Å². The van der Waals surface area contributed by atoms with Gasteiger partial charge in [-0.05, 0) is 43.2 Å². The lowest BCUT2D eigenvalue weighted by molar-refractivity contribution is 1.14. The Labute approximate surface area is 125 Å². The van der Waals surface area contributed by atoms with E-state index >= 15 is 0 Å². The lowest BCUT2D eigenvalue weighted by atomic mass is 10.2. The van der Waals surface area contributed by atoms with Crippen LogP contribution >= 0.6 is 20.7 Å². The van der Waals surface area contributed by atoms with Crippen LogP contribution in [0.2, 0.25) is 0 Å². The van der Waals surface area contributed by atoms with Gasteiger partial charge in [-0.3, -0.25) is 0 Å². The smallest absolute Gasteiger partial charge is 0.154 e. The van der Waals surface area contributed by atoms with Crippen LogP contribution in [0.5, 0.6) is 0 Å². The van der Waals surface area contributed by atoms with Crippen LogP contribution in [-0.2, 0) is 0 Å². The highest BCUT2D eigenvalue weighted by Gasteiger charge is 2.01. The first-order valence-electron chi connectivity index (χ1n) is 6.36. The summed E-state index contributed by atoms with van der Waals surface area (Å²) in [4.78, 5) is 10.3. The van der Waals surface area contributed by atoms with Crippen molar-refractivity contribution in [1.82, 2.24) is 4.98 Å². The Hall–Kier alpha value is -1.78. The molecule has 1 aromatic carbocycles. The van der Waals surface area contributed by atoms with Crippen LogP contribution in [0.1, 0.15) is 11.3 Å². The molecule has 0 fully saturated rings. The molecule has 0 amide bonds. The van der Waals surface area contributed by atoms with E-state index in [9.17, 15) is 0 Å². The Morgan fingerprint density at radius 2 is 1.75 bits per heavy atom. The molecule has 0 spiro atoms. The molecule has 0 aliphatic rings. The number of hydrogen-bond donors (Lipinski definition) is 0. The van der Waals surface area contributed by atoms with E-state index < -0.39 is 0 Å². The van der Waals surface area contributed by atoms with Gasteiger partial charge in [0.25, 0.3) is 0 Å². The number of pyridine rings is 1. The van der Waals surface area contributed by atoms with E-state index in [-0.39, 0.29) is 0 Å². The number of rotatable bonds is 2. The summed E-state index contributed by atoms with van der Waals surface area (Å²) >= 11 is 0. The van der Waals surface area contributed by atoms with Crippen molar-refractivity contribution in [2.45, 2.75) is 13.8 Å². The third-order valence-electron chi connectivity index (χ3n) is 2.84. The second-order valence-electron chi connectivity index (χ2n) is 4.64. The van der Waals surface area contributed by atoms with Crippen molar-refractivity contribution in [3.63, 3.8) is 0 Å². The molecular formula is C16H14N2S2. The fourth-order valence-corrected chi connectivity index (χ4v) is 4.18. The molecule has 3 rings (SSSR count). The second-order valence-corrected chi connectivity index (χ2v) is 6.83. The number of benzene rings is 1. The summed E-state index contributed by atoms with van der Waals surface area (Å²) in [6, 6.07) is 16.6. The zero-order valence-electron chi connectivity index (χ0n) is 11.3.